The van der Waals surface area contributed by atoms with Crippen molar-refractivity contribution in [3.63, 3.8) is 0 Å². The minimum Gasteiger partial charge on any atom is -0.496 e. The number of nitrogens with one attached hydrogen (secondary N) is 1. The lowest BCUT2D eigenvalue weighted by atomic mass is 10.1. The second-order valence-electron chi connectivity index (χ2n) is 5.13. The average molecular weight is 327 g/mol. The molecule has 0 radical (unpaired) electrons. The molecular weight excluding hydrogens is 313 g/mol. The van der Waals surface area contributed by atoms with Gasteiger partial charge in [0.2, 0.25) is 5.56 Å². The van der Waals surface area contributed by atoms with Crippen LogP contribution >= 0.6 is 0 Å². The number of H-pyrrole nitrogens is 1. The molecule has 1 heterocycles. The van der Waals surface area contributed by atoms with Gasteiger partial charge in [-0.3, -0.25) is 4.79 Å². The maximum Gasteiger partial charge on any atom is 0.339 e. The van der Waals surface area contributed by atoms with E-state index in [0.29, 0.717) is 22.2 Å². The number of pyridine rings is 1. The predicted octanol–water partition coefficient (Wildman–Crippen LogP) is 3.03. The van der Waals surface area contributed by atoms with Crippen molar-refractivity contribution in [2.45, 2.75) is 6.61 Å². The highest BCUT2D eigenvalue weighted by Crippen LogP contribution is 2.21. The molecule has 0 unspecified atom stereocenters. The summed E-state index contributed by atoms with van der Waals surface area (Å²) in [7, 11) is 1.45. The van der Waals surface area contributed by atoms with Crippen molar-refractivity contribution >= 4 is 16.9 Å². The fourth-order valence-corrected chi connectivity index (χ4v) is 2.45. The topological polar surface area (TPSA) is 68.4 Å². The van der Waals surface area contributed by atoms with E-state index in [2.05, 4.69) is 4.98 Å². The number of fused-ring (bicyclic) bond motifs is 1. The third kappa shape index (κ3) is 3.12. The van der Waals surface area contributed by atoms with Crippen molar-refractivity contribution in [3.05, 3.63) is 75.8 Å². The van der Waals surface area contributed by atoms with Crippen LogP contribution in [0.5, 0.6) is 5.75 Å². The van der Waals surface area contributed by atoms with E-state index in [-0.39, 0.29) is 12.2 Å². The van der Waals surface area contributed by atoms with E-state index >= 15 is 0 Å². The second-order valence-corrected chi connectivity index (χ2v) is 5.13. The van der Waals surface area contributed by atoms with Crippen molar-refractivity contribution in [2.75, 3.05) is 7.11 Å². The molecular formula is C18H14FNO4. The zero-order valence-corrected chi connectivity index (χ0v) is 12.8. The maximum atomic E-state index is 13.4. The number of methoxy groups -OCH3 is 1. The van der Waals surface area contributed by atoms with Crippen molar-refractivity contribution < 1.29 is 18.7 Å². The van der Waals surface area contributed by atoms with Crippen LogP contribution in [-0.4, -0.2) is 18.1 Å². The molecule has 0 fully saturated rings. The SMILES string of the molecule is COc1ccc(F)cc1COC(=O)c1cc(=O)[nH]c2ccccc12. The summed E-state index contributed by atoms with van der Waals surface area (Å²) in [5.41, 5.74) is 0.703. The molecule has 1 aromatic heterocycles. The van der Waals surface area contributed by atoms with E-state index in [4.69, 9.17) is 9.47 Å². The highest BCUT2D eigenvalue weighted by molar-refractivity contribution is 6.03. The minimum atomic E-state index is -0.663. The number of hydrogen-bond acceptors (Lipinski definition) is 4. The van der Waals surface area contributed by atoms with Gasteiger partial charge >= 0.3 is 5.97 Å². The Morgan fingerprint density at radius 1 is 1.17 bits per heavy atom. The van der Waals surface area contributed by atoms with Crippen LogP contribution in [0.15, 0.2) is 53.3 Å². The third-order valence-corrected chi connectivity index (χ3v) is 3.57. The first-order chi connectivity index (χ1) is 11.6. The Morgan fingerprint density at radius 3 is 2.75 bits per heavy atom. The Hall–Kier alpha value is -3.15. The summed E-state index contributed by atoms with van der Waals surface area (Å²) in [5, 5.41) is 0.577. The molecule has 122 valence electrons. The summed E-state index contributed by atoms with van der Waals surface area (Å²) in [6, 6.07) is 12.1. The molecule has 2 aromatic carbocycles. The summed E-state index contributed by atoms with van der Waals surface area (Å²) in [4.78, 5) is 26.7. The highest BCUT2D eigenvalue weighted by Gasteiger charge is 2.14. The molecule has 0 saturated carbocycles. The average Bonchev–Trinajstić information content (AvgIpc) is 2.59. The van der Waals surface area contributed by atoms with E-state index in [1.54, 1.807) is 24.3 Å². The first kappa shape index (κ1) is 15.7. The standard InChI is InChI=1S/C18H14FNO4/c1-23-16-7-6-12(19)8-11(16)10-24-18(22)14-9-17(21)20-15-5-3-2-4-13(14)15/h2-9H,10H2,1H3,(H,20,21). The summed E-state index contributed by atoms with van der Waals surface area (Å²) < 4.78 is 23.7. The largest absolute Gasteiger partial charge is 0.496 e. The lowest BCUT2D eigenvalue weighted by molar-refractivity contribution is 0.0472. The van der Waals surface area contributed by atoms with Crippen LogP contribution < -0.4 is 10.3 Å². The molecule has 3 rings (SSSR count). The lowest BCUT2D eigenvalue weighted by Crippen LogP contribution is -2.13. The molecule has 0 atom stereocenters. The zero-order valence-electron chi connectivity index (χ0n) is 12.8. The fourth-order valence-electron chi connectivity index (χ4n) is 2.45. The summed E-state index contributed by atoms with van der Waals surface area (Å²) in [6.45, 7) is -0.166. The Bertz CT molecular complexity index is 965. The monoisotopic (exact) mass is 327 g/mol. The molecule has 6 heteroatoms. The van der Waals surface area contributed by atoms with Crippen LogP contribution in [0.1, 0.15) is 15.9 Å². The van der Waals surface area contributed by atoms with Gasteiger partial charge in [-0.05, 0) is 24.3 Å². The highest BCUT2D eigenvalue weighted by atomic mass is 19.1. The Morgan fingerprint density at radius 2 is 1.96 bits per heavy atom. The van der Waals surface area contributed by atoms with Gasteiger partial charge in [-0.1, -0.05) is 18.2 Å². The fraction of sp³-hybridized carbons (Fsp3) is 0.111. The van der Waals surface area contributed by atoms with Crippen LogP contribution in [-0.2, 0) is 11.3 Å². The van der Waals surface area contributed by atoms with Gasteiger partial charge in [0, 0.05) is 22.5 Å². The van der Waals surface area contributed by atoms with E-state index in [9.17, 15) is 14.0 Å². The van der Waals surface area contributed by atoms with Gasteiger partial charge in [-0.15, -0.1) is 0 Å². The van der Waals surface area contributed by atoms with Gasteiger partial charge in [-0.2, -0.15) is 0 Å². The normalized spacial score (nSPS) is 10.6. The molecule has 0 aliphatic carbocycles. The second kappa shape index (κ2) is 6.54. The third-order valence-electron chi connectivity index (χ3n) is 3.57. The lowest BCUT2D eigenvalue weighted by Gasteiger charge is -2.10. The number of aromatic nitrogens is 1. The van der Waals surface area contributed by atoms with E-state index in [1.807, 2.05) is 0 Å². The molecule has 0 amide bonds. The zero-order chi connectivity index (χ0) is 17.1. The number of para-hydroxylation sites is 1. The number of rotatable bonds is 4. The van der Waals surface area contributed by atoms with Gasteiger partial charge in [0.05, 0.1) is 12.7 Å². The number of benzene rings is 2. The summed E-state index contributed by atoms with van der Waals surface area (Å²) in [5.74, 6) is -0.702. The molecule has 0 spiro atoms. The molecule has 0 aliphatic rings. The van der Waals surface area contributed by atoms with Crippen LogP contribution in [0.4, 0.5) is 4.39 Å². The van der Waals surface area contributed by atoms with Gasteiger partial charge in [0.1, 0.15) is 18.2 Å². The minimum absolute atomic E-state index is 0.157. The van der Waals surface area contributed by atoms with Crippen LogP contribution in [0.3, 0.4) is 0 Å². The van der Waals surface area contributed by atoms with Gasteiger partial charge in [0.25, 0.3) is 0 Å². The predicted molar refractivity (Wildman–Crippen MR) is 86.6 cm³/mol. The summed E-state index contributed by atoms with van der Waals surface area (Å²) >= 11 is 0. The summed E-state index contributed by atoms with van der Waals surface area (Å²) in [6.07, 6.45) is 0. The molecule has 3 aromatic rings. The number of ether oxygens (including phenoxy) is 2. The van der Waals surface area contributed by atoms with Crippen molar-refractivity contribution in [3.8, 4) is 5.75 Å². The quantitative estimate of drug-likeness (QED) is 0.748. The van der Waals surface area contributed by atoms with Crippen LogP contribution in [0, 0.1) is 5.82 Å². The molecule has 0 aliphatic heterocycles. The van der Waals surface area contributed by atoms with E-state index < -0.39 is 17.3 Å². The number of carbonyl (C=O) groups is 1. The number of halogens is 1. The molecule has 5 nitrogen and oxygen atoms in total. The van der Waals surface area contributed by atoms with Gasteiger partial charge < -0.3 is 14.5 Å². The number of hydrogen-bond donors (Lipinski definition) is 1. The molecule has 0 saturated heterocycles. The first-order valence-corrected chi connectivity index (χ1v) is 7.20. The number of aromatic amines is 1. The van der Waals surface area contributed by atoms with Crippen LogP contribution in [0.2, 0.25) is 0 Å². The van der Waals surface area contributed by atoms with Gasteiger partial charge in [-0.25, -0.2) is 9.18 Å². The maximum absolute atomic E-state index is 13.4. The molecule has 0 bridgehead atoms. The van der Waals surface area contributed by atoms with E-state index in [1.165, 1.54) is 31.4 Å². The van der Waals surface area contributed by atoms with Gasteiger partial charge in [0.15, 0.2) is 0 Å². The Balaban J connectivity index is 1.89. The van der Waals surface area contributed by atoms with Crippen molar-refractivity contribution in [1.29, 1.82) is 0 Å². The molecule has 24 heavy (non-hydrogen) atoms. The number of carbonyl (C=O) groups excluding carboxylic acids is 1. The van der Waals surface area contributed by atoms with E-state index in [0.717, 1.165) is 0 Å². The molecule has 1 N–H and O–H groups in total. The Labute approximate surface area is 136 Å². The van der Waals surface area contributed by atoms with Crippen molar-refractivity contribution in [2.24, 2.45) is 0 Å². The number of esters is 1. The first-order valence-electron chi connectivity index (χ1n) is 7.20. The smallest absolute Gasteiger partial charge is 0.339 e. The van der Waals surface area contributed by atoms with Crippen LogP contribution in [0.25, 0.3) is 10.9 Å². The Kier molecular flexibility index (Phi) is 4.29. The van der Waals surface area contributed by atoms with Crippen molar-refractivity contribution in [1.82, 2.24) is 4.98 Å².